The molecule has 7 heteroatoms. The maximum atomic E-state index is 13.6. The number of carboxylic acid groups (broad SMARTS) is 1. The molecule has 116 valence electrons. The number of carbonyl (C=O) groups excluding carboxylic acids is 2. The Labute approximate surface area is 134 Å². The van der Waals surface area contributed by atoms with Crippen molar-refractivity contribution < 1.29 is 28.2 Å². The van der Waals surface area contributed by atoms with Crippen LogP contribution in [0, 0.1) is 9.49 Å². The first-order valence-electron chi connectivity index (χ1n) is 6.20. The van der Waals surface area contributed by atoms with Crippen LogP contribution >= 0.6 is 22.6 Å². The van der Waals surface area contributed by atoms with Gasteiger partial charge in [0.25, 0.3) is 0 Å². The molecule has 0 aliphatic heterocycles. The van der Waals surface area contributed by atoms with Gasteiger partial charge in [-0.3, -0.25) is 0 Å². The monoisotopic (exact) mass is 411 g/mol. The Hall–Kier alpha value is -1.25. The maximum Gasteiger partial charge on any atom is 0.338 e. The Balaban J connectivity index is 2.93. The average Bonchev–Trinajstić information content (AvgIpc) is 2.37. The molecule has 0 amide bonds. The van der Waals surface area contributed by atoms with Gasteiger partial charge in [-0.25, -0.2) is 4.79 Å². The SMILES string of the molecule is CC(C)CC(OC(=O)c1ccc(I)cc1)C(F)(F)C(=O)[O-]. The molecule has 0 bridgehead atoms. The number of halogens is 3. The fraction of sp³-hybridized carbons (Fsp3) is 0.429. The van der Waals surface area contributed by atoms with Crippen LogP contribution in [0.1, 0.15) is 30.6 Å². The van der Waals surface area contributed by atoms with Crippen molar-refractivity contribution in [1.82, 2.24) is 0 Å². The summed E-state index contributed by atoms with van der Waals surface area (Å²) < 4.78 is 32.7. The first-order valence-corrected chi connectivity index (χ1v) is 7.28. The quantitative estimate of drug-likeness (QED) is 0.532. The van der Waals surface area contributed by atoms with Gasteiger partial charge < -0.3 is 14.6 Å². The van der Waals surface area contributed by atoms with E-state index in [1.54, 1.807) is 26.0 Å². The summed E-state index contributed by atoms with van der Waals surface area (Å²) in [6, 6.07) is 6.08. The van der Waals surface area contributed by atoms with Gasteiger partial charge in [-0.15, -0.1) is 0 Å². The molecule has 0 saturated carbocycles. The summed E-state index contributed by atoms with van der Waals surface area (Å²) >= 11 is 2.02. The van der Waals surface area contributed by atoms with Gasteiger partial charge >= 0.3 is 11.9 Å². The molecule has 0 fully saturated rings. The van der Waals surface area contributed by atoms with Crippen molar-refractivity contribution >= 4 is 34.5 Å². The number of hydrogen-bond donors (Lipinski definition) is 0. The molecule has 0 aliphatic carbocycles. The second-order valence-electron chi connectivity index (χ2n) is 4.94. The highest BCUT2D eigenvalue weighted by molar-refractivity contribution is 14.1. The molecule has 4 nitrogen and oxygen atoms in total. The largest absolute Gasteiger partial charge is 0.544 e. The molecule has 1 rings (SSSR count). The van der Waals surface area contributed by atoms with Gasteiger partial charge in [0.05, 0.1) is 5.56 Å². The first-order chi connectivity index (χ1) is 9.64. The lowest BCUT2D eigenvalue weighted by atomic mass is 10.0. The predicted octanol–water partition coefficient (Wildman–Crippen LogP) is 2.25. The highest BCUT2D eigenvalue weighted by Gasteiger charge is 2.44. The van der Waals surface area contributed by atoms with E-state index in [0.29, 0.717) is 0 Å². The van der Waals surface area contributed by atoms with Crippen molar-refractivity contribution in [2.24, 2.45) is 5.92 Å². The van der Waals surface area contributed by atoms with Gasteiger partial charge in [0, 0.05) is 3.57 Å². The topological polar surface area (TPSA) is 66.4 Å². The molecule has 1 aromatic rings. The number of rotatable bonds is 6. The Kier molecular flexibility index (Phi) is 6.06. The third-order valence-corrected chi connectivity index (χ3v) is 3.41. The van der Waals surface area contributed by atoms with Gasteiger partial charge in [0.15, 0.2) is 6.10 Å². The zero-order valence-electron chi connectivity index (χ0n) is 11.4. The van der Waals surface area contributed by atoms with Crippen LogP contribution in [0.25, 0.3) is 0 Å². The summed E-state index contributed by atoms with van der Waals surface area (Å²) in [5.74, 6) is -8.05. The zero-order chi connectivity index (χ0) is 16.2. The molecule has 1 aromatic carbocycles. The van der Waals surface area contributed by atoms with Gasteiger partial charge in [-0.1, -0.05) is 13.8 Å². The lowest BCUT2D eigenvalue weighted by Crippen LogP contribution is -2.51. The average molecular weight is 411 g/mol. The third-order valence-electron chi connectivity index (χ3n) is 2.69. The van der Waals surface area contributed by atoms with Crippen molar-refractivity contribution in [1.29, 1.82) is 0 Å². The Morgan fingerprint density at radius 1 is 1.29 bits per heavy atom. The smallest absolute Gasteiger partial charge is 0.338 e. The van der Waals surface area contributed by atoms with Crippen LogP contribution in [0.15, 0.2) is 24.3 Å². The van der Waals surface area contributed by atoms with Gasteiger partial charge in [0.1, 0.15) is 5.97 Å². The summed E-state index contributed by atoms with van der Waals surface area (Å²) in [6.07, 6.45) is -2.34. The van der Waals surface area contributed by atoms with Crippen LogP contribution in [0.3, 0.4) is 0 Å². The molecule has 1 unspecified atom stereocenters. The fourth-order valence-electron chi connectivity index (χ4n) is 1.61. The summed E-state index contributed by atoms with van der Waals surface area (Å²) in [4.78, 5) is 22.4. The maximum absolute atomic E-state index is 13.6. The van der Waals surface area contributed by atoms with Crippen LogP contribution in [0.2, 0.25) is 0 Å². The normalized spacial score (nSPS) is 13.0. The van der Waals surface area contributed by atoms with Crippen LogP contribution in [-0.2, 0) is 9.53 Å². The number of alkyl halides is 2. The fourth-order valence-corrected chi connectivity index (χ4v) is 1.97. The van der Waals surface area contributed by atoms with Gasteiger partial charge in [0.2, 0.25) is 0 Å². The number of esters is 1. The van der Waals surface area contributed by atoms with E-state index < -0.39 is 24.0 Å². The Morgan fingerprint density at radius 3 is 2.24 bits per heavy atom. The Morgan fingerprint density at radius 2 is 1.81 bits per heavy atom. The molecule has 0 spiro atoms. The molecule has 21 heavy (non-hydrogen) atoms. The van der Waals surface area contributed by atoms with Gasteiger partial charge in [-0.2, -0.15) is 8.78 Å². The van der Waals surface area contributed by atoms with Crippen molar-refractivity contribution in [2.45, 2.75) is 32.3 Å². The van der Waals surface area contributed by atoms with E-state index in [1.165, 1.54) is 12.1 Å². The predicted molar refractivity (Wildman–Crippen MR) is 77.8 cm³/mol. The molecular formula is C14H14F2IO4-. The van der Waals surface area contributed by atoms with E-state index in [4.69, 9.17) is 4.74 Å². The second-order valence-corrected chi connectivity index (χ2v) is 6.19. The van der Waals surface area contributed by atoms with Crippen LogP contribution in [-0.4, -0.2) is 24.0 Å². The molecule has 0 aromatic heterocycles. The van der Waals surface area contributed by atoms with Crippen molar-refractivity contribution in [3.8, 4) is 0 Å². The number of ether oxygens (including phenoxy) is 1. The number of aliphatic carboxylic acids is 1. The van der Waals surface area contributed by atoms with Crippen molar-refractivity contribution in [2.75, 3.05) is 0 Å². The minimum absolute atomic E-state index is 0.0818. The minimum Gasteiger partial charge on any atom is -0.544 e. The molecule has 1 atom stereocenters. The van der Waals surface area contributed by atoms with Crippen LogP contribution < -0.4 is 5.11 Å². The molecule has 0 radical (unpaired) electrons. The summed E-state index contributed by atoms with van der Waals surface area (Å²) in [7, 11) is 0. The highest BCUT2D eigenvalue weighted by atomic mass is 127. The summed E-state index contributed by atoms with van der Waals surface area (Å²) in [6.45, 7) is 3.24. The molecule has 0 heterocycles. The van der Waals surface area contributed by atoms with Crippen molar-refractivity contribution in [3.05, 3.63) is 33.4 Å². The van der Waals surface area contributed by atoms with Gasteiger partial charge in [-0.05, 0) is 59.2 Å². The summed E-state index contributed by atoms with van der Waals surface area (Å²) in [5, 5.41) is 10.6. The standard InChI is InChI=1S/C14H15F2IO4/c1-8(2)7-11(14(15,16)13(19)20)21-12(18)9-3-5-10(17)6-4-9/h3-6,8,11H,7H2,1-2H3,(H,19,20)/p-1. The van der Waals surface area contributed by atoms with E-state index in [2.05, 4.69) is 0 Å². The second kappa shape index (κ2) is 7.15. The number of hydrogen-bond acceptors (Lipinski definition) is 4. The van der Waals surface area contributed by atoms with Crippen molar-refractivity contribution in [3.63, 3.8) is 0 Å². The number of carbonyl (C=O) groups is 2. The first kappa shape index (κ1) is 17.8. The molecule has 0 aliphatic rings. The van der Waals surface area contributed by atoms with E-state index >= 15 is 0 Å². The van der Waals surface area contributed by atoms with E-state index in [1.807, 2.05) is 22.6 Å². The summed E-state index contributed by atoms with van der Waals surface area (Å²) in [5.41, 5.74) is 0.0818. The third kappa shape index (κ3) is 4.90. The zero-order valence-corrected chi connectivity index (χ0v) is 13.6. The number of carboxylic acids is 1. The van der Waals surface area contributed by atoms with Crippen LogP contribution in [0.5, 0.6) is 0 Å². The highest BCUT2D eigenvalue weighted by Crippen LogP contribution is 2.27. The molecular weight excluding hydrogens is 397 g/mol. The Bertz CT molecular complexity index is 514. The van der Waals surface area contributed by atoms with E-state index in [-0.39, 0.29) is 17.9 Å². The minimum atomic E-state index is -4.23. The van der Waals surface area contributed by atoms with Crippen LogP contribution in [0.4, 0.5) is 8.78 Å². The van der Waals surface area contributed by atoms with E-state index in [9.17, 15) is 23.5 Å². The molecule has 0 N–H and O–H groups in total. The molecule has 0 saturated heterocycles. The lowest BCUT2D eigenvalue weighted by Gasteiger charge is -2.28. The number of benzene rings is 1. The van der Waals surface area contributed by atoms with E-state index in [0.717, 1.165) is 3.57 Å². The lowest BCUT2D eigenvalue weighted by molar-refractivity contribution is -0.336.